The van der Waals surface area contributed by atoms with Gasteiger partial charge in [0, 0.05) is 5.02 Å². The summed E-state index contributed by atoms with van der Waals surface area (Å²) in [5.74, 6) is 0.241. The fourth-order valence-electron chi connectivity index (χ4n) is 1.86. The Labute approximate surface area is 98.7 Å². The Balaban J connectivity index is 2.53. The Morgan fingerprint density at radius 2 is 1.94 bits per heavy atom. The first kappa shape index (κ1) is 11.0. The van der Waals surface area contributed by atoms with E-state index in [1.165, 1.54) is 5.01 Å². The molecule has 0 radical (unpaired) electrons. The van der Waals surface area contributed by atoms with E-state index in [9.17, 15) is 4.79 Å². The fourth-order valence-corrected chi connectivity index (χ4v) is 2.19. The minimum absolute atomic E-state index is 0.106. The van der Waals surface area contributed by atoms with Crippen LogP contribution in [0.5, 0.6) is 0 Å². The highest BCUT2D eigenvalue weighted by atomic mass is 35.5. The first-order valence-corrected chi connectivity index (χ1v) is 5.29. The third kappa shape index (κ3) is 1.76. The average Bonchev–Trinajstić information content (AvgIpc) is 2.43. The predicted molar refractivity (Wildman–Crippen MR) is 64.7 cm³/mol. The van der Waals surface area contributed by atoms with Crippen molar-refractivity contribution in [2.24, 2.45) is 10.8 Å². The quantitative estimate of drug-likeness (QED) is 0.812. The molecule has 16 heavy (non-hydrogen) atoms. The van der Waals surface area contributed by atoms with Crippen molar-refractivity contribution < 1.29 is 4.79 Å². The molecular weight excluding hydrogens is 226 g/mol. The zero-order chi connectivity index (χ0) is 11.9. The maximum Gasteiger partial charge on any atom is 0.255 e. The van der Waals surface area contributed by atoms with E-state index in [4.69, 9.17) is 17.3 Å². The number of carbonyl (C=O) groups is 1. The van der Waals surface area contributed by atoms with E-state index in [0.29, 0.717) is 10.9 Å². The van der Waals surface area contributed by atoms with Gasteiger partial charge in [0.25, 0.3) is 5.91 Å². The standard InChI is InChI=1S/C11H12ClN3O/c1-6-3-8(12)4-7(2)11(6)15-10(16)5-9(13)14-15/h3-4H,5H2,1-2H3,(H2,13,14). The second-order valence-electron chi connectivity index (χ2n) is 3.86. The van der Waals surface area contributed by atoms with E-state index < -0.39 is 0 Å². The number of halogens is 1. The van der Waals surface area contributed by atoms with Gasteiger partial charge in [-0.3, -0.25) is 4.79 Å². The molecule has 0 aliphatic carbocycles. The number of hydrogen-bond donors (Lipinski definition) is 1. The number of hydrogen-bond acceptors (Lipinski definition) is 3. The molecule has 84 valence electrons. The van der Waals surface area contributed by atoms with Crippen LogP contribution in [-0.2, 0) is 4.79 Å². The van der Waals surface area contributed by atoms with Gasteiger partial charge >= 0.3 is 0 Å². The van der Waals surface area contributed by atoms with E-state index in [-0.39, 0.29) is 12.3 Å². The van der Waals surface area contributed by atoms with Crippen molar-refractivity contribution in [1.82, 2.24) is 0 Å². The molecule has 0 spiro atoms. The Kier molecular flexibility index (Phi) is 2.59. The minimum atomic E-state index is -0.106. The van der Waals surface area contributed by atoms with Crippen molar-refractivity contribution >= 4 is 29.0 Å². The van der Waals surface area contributed by atoms with Crippen LogP contribution in [-0.4, -0.2) is 11.7 Å². The van der Waals surface area contributed by atoms with Crippen molar-refractivity contribution in [1.29, 1.82) is 0 Å². The second kappa shape index (κ2) is 3.79. The predicted octanol–water partition coefficient (Wildman–Crippen LogP) is 1.97. The molecule has 1 aromatic rings. The van der Waals surface area contributed by atoms with Gasteiger partial charge in [0.2, 0.25) is 0 Å². The molecule has 2 N–H and O–H groups in total. The monoisotopic (exact) mass is 237 g/mol. The third-order valence-corrected chi connectivity index (χ3v) is 2.68. The van der Waals surface area contributed by atoms with Gasteiger partial charge in [-0.15, -0.1) is 0 Å². The molecule has 5 heteroatoms. The van der Waals surface area contributed by atoms with E-state index >= 15 is 0 Å². The highest BCUT2D eigenvalue weighted by Gasteiger charge is 2.26. The maximum atomic E-state index is 11.7. The summed E-state index contributed by atoms with van der Waals surface area (Å²) in [4.78, 5) is 11.7. The molecule has 1 aromatic carbocycles. The van der Waals surface area contributed by atoms with Crippen LogP contribution in [0.1, 0.15) is 17.5 Å². The highest BCUT2D eigenvalue weighted by molar-refractivity contribution is 6.31. The van der Waals surface area contributed by atoms with Gasteiger partial charge in [-0.25, -0.2) is 0 Å². The van der Waals surface area contributed by atoms with Crippen LogP contribution in [0.2, 0.25) is 5.02 Å². The number of benzene rings is 1. The summed E-state index contributed by atoms with van der Waals surface area (Å²) in [6.45, 7) is 3.79. The zero-order valence-electron chi connectivity index (χ0n) is 9.12. The summed E-state index contributed by atoms with van der Waals surface area (Å²) in [6.07, 6.45) is 0.182. The summed E-state index contributed by atoms with van der Waals surface area (Å²) in [7, 11) is 0. The Morgan fingerprint density at radius 3 is 2.38 bits per heavy atom. The van der Waals surface area contributed by atoms with Gasteiger partial charge in [-0.1, -0.05) is 11.6 Å². The topological polar surface area (TPSA) is 58.7 Å². The van der Waals surface area contributed by atoms with Crippen molar-refractivity contribution in [3.05, 3.63) is 28.3 Å². The van der Waals surface area contributed by atoms with E-state index in [2.05, 4.69) is 5.10 Å². The SMILES string of the molecule is Cc1cc(Cl)cc(C)c1N1N=C(N)CC1=O. The lowest BCUT2D eigenvalue weighted by molar-refractivity contribution is -0.116. The summed E-state index contributed by atoms with van der Waals surface area (Å²) in [5, 5.41) is 6.04. The van der Waals surface area contributed by atoms with Crippen molar-refractivity contribution in [3.63, 3.8) is 0 Å². The van der Waals surface area contributed by atoms with Crippen LogP contribution in [0.15, 0.2) is 17.2 Å². The molecule has 1 amide bonds. The molecule has 1 aliphatic heterocycles. The average molecular weight is 238 g/mol. The molecule has 0 aromatic heterocycles. The molecule has 1 heterocycles. The summed E-state index contributed by atoms with van der Waals surface area (Å²) in [6, 6.07) is 3.61. The number of aryl methyl sites for hydroxylation is 2. The largest absolute Gasteiger partial charge is 0.385 e. The summed E-state index contributed by atoms with van der Waals surface area (Å²) < 4.78 is 0. The van der Waals surface area contributed by atoms with Crippen LogP contribution in [0.4, 0.5) is 5.69 Å². The minimum Gasteiger partial charge on any atom is -0.385 e. The lowest BCUT2D eigenvalue weighted by Crippen LogP contribution is -2.21. The number of rotatable bonds is 1. The number of carbonyl (C=O) groups excluding carboxylic acids is 1. The van der Waals surface area contributed by atoms with Crippen LogP contribution < -0.4 is 10.7 Å². The maximum absolute atomic E-state index is 11.7. The van der Waals surface area contributed by atoms with Crippen molar-refractivity contribution in [3.8, 4) is 0 Å². The van der Waals surface area contributed by atoms with Gasteiger partial charge in [-0.2, -0.15) is 10.1 Å². The van der Waals surface area contributed by atoms with Gasteiger partial charge in [0.15, 0.2) is 0 Å². The number of nitrogens with zero attached hydrogens (tertiary/aromatic N) is 2. The molecule has 0 atom stereocenters. The summed E-state index contributed by atoms with van der Waals surface area (Å²) >= 11 is 5.93. The molecule has 0 fully saturated rings. The van der Waals surface area contributed by atoms with Crippen LogP contribution >= 0.6 is 11.6 Å². The molecule has 0 saturated carbocycles. The van der Waals surface area contributed by atoms with Crippen LogP contribution in [0.25, 0.3) is 0 Å². The molecule has 0 bridgehead atoms. The normalized spacial score (nSPS) is 15.6. The van der Waals surface area contributed by atoms with Gasteiger partial charge < -0.3 is 5.73 Å². The summed E-state index contributed by atoms with van der Waals surface area (Å²) in [5.41, 5.74) is 8.14. The van der Waals surface area contributed by atoms with Crippen molar-refractivity contribution in [2.45, 2.75) is 20.3 Å². The third-order valence-electron chi connectivity index (χ3n) is 2.46. The molecule has 1 aliphatic rings. The number of anilines is 1. The molecule has 0 unspecified atom stereocenters. The van der Waals surface area contributed by atoms with Gasteiger partial charge in [0.05, 0.1) is 12.1 Å². The smallest absolute Gasteiger partial charge is 0.255 e. The lowest BCUT2D eigenvalue weighted by atomic mass is 10.1. The Hall–Kier alpha value is -1.55. The molecule has 4 nitrogen and oxygen atoms in total. The Bertz CT molecular complexity index is 473. The first-order chi connectivity index (χ1) is 7.49. The number of hydrazone groups is 1. The van der Waals surface area contributed by atoms with Crippen LogP contribution in [0, 0.1) is 13.8 Å². The van der Waals surface area contributed by atoms with Crippen molar-refractivity contribution in [2.75, 3.05) is 5.01 Å². The molecule has 2 rings (SSSR count). The van der Waals surface area contributed by atoms with E-state index in [1.54, 1.807) is 12.1 Å². The Morgan fingerprint density at radius 1 is 1.38 bits per heavy atom. The number of amidine groups is 1. The van der Waals surface area contributed by atoms with E-state index in [1.807, 2.05) is 13.8 Å². The van der Waals surface area contributed by atoms with Gasteiger partial charge in [0.1, 0.15) is 5.84 Å². The van der Waals surface area contributed by atoms with Gasteiger partial charge in [-0.05, 0) is 37.1 Å². The number of amides is 1. The van der Waals surface area contributed by atoms with E-state index in [0.717, 1.165) is 16.8 Å². The molecule has 0 saturated heterocycles. The molecular formula is C11H12ClN3O. The van der Waals surface area contributed by atoms with Crippen LogP contribution in [0.3, 0.4) is 0 Å². The number of nitrogens with two attached hydrogens (primary N) is 1. The zero-order valence-corrected chi connectivity index (χ0v) is 9.88. The highest BCUT2D eigenvalue weighted by Crippen LogP contribution is 2.30. The second-order valence-corrected chi connectivity index (χ2v) is 4.30. The fraction of sp³-hybridized carbons (Fsp3) is 0.273. The first-order valence-electron chi connectivity index (χ1n) is 4.91. The lowest BCUT2D eigenvalue weighted by Gasteiger charge is -2.17.